The minimum Gasteiger partial charge on any atom is -0.455 e. The predicted octanol–water partition coefficient (Wildman–Crippen LogP) is 6.86. The third-order valence-electron chi connectivity index (χ3n) is 4.81. The Bertz CT molecular complexity index is 903. The van der Waals surface area contributed by atoms with E-state index >= 15 is 0 Å². The molecule has 4 rings (SSSR count). The van der Waals surface area contributed by atoms with Gasteiger partial charge in [-0.15, -0.1) is 0 Å². The second kappa shape index (κ2) is 5.13. The van der Waals surface area contributed by atoms with Crippen LogP contribution in [0.15, 0.2) is 48.5 Å². The van der Waals surface area contributed by atoms with Crippen molar-refractivity contribution in [3.63, 3.8) is 0 Å². The summed E-state index contributed by atoms with van der Waals surface area (Å²) in [5.74, 6) is 2.97. The van der Waals surface area contributed by atoms with Gasteiger partial charge in [0.15, 0.2) is 0 Å². The Morgan fingerprint density at radius 3 is 2.04 bits per heavy atom. The summed E-state index contributed by atoms with van der Waals surface area (Å²) in [6.45, 7) is 8.91. The summed E-state index contributed by atoms with van der Waals surface area (Å²) >= 11 is 0. The average Bonchev–Trinajstić information content (AvgIpc) is 2.54. The molecular formula is C22H22O. The lowest BCUT2D eigenvalue weighted by atomic mass is 9.88. The largest absolute Gasteiger partial charge is 0.455 e. The molecule has 0 amide bonds. The SMILES string of the molecule is CC(C)c1cccc2c1Oc1c(C(C)C)ccc3cccc-2c13. The Morgan fingerprint density at radius 1 is 0.652 bits per heavy atom. The van der Waals surface area contributed by atoms with Crippen molar-refractivity contribution >= 4 is 10.8 Å². The Hall–Kier alpha value is -2.28. The van der Waals surface area contributed by atoms with E-state index in [1.165, 1.54) is 33.0 Å². The molecule has 0 N–H and O–H groups in total. The fourth-order valence-corrected chi connectivity index (χ4v) is 3.59. The molecule has 1 aliphatic rings. The molecule has 0 saturated heterocycles. The first-order chi connectivity index (χ1) is 11.1. The lowest BCUT2D eigenvalue weighted by molar-refractivity contribution is 0.468. The highest BCUT2D eigenvalue weighted by Gasteiger charge is 2.25. The zero-order valence-electron chi connectivity index (χ0n) is 14.2. The van der Waals surface area contributed by atoms with Crippen LogP contribution in [-0.2, 0) is 0 Å². The van der Waals surface area contributed by atoms with Crippen molar-refractivity contribution in [3.8, 4) is 22.6 Å². The van der Waals surface area contributed by atoms with Gasteiger partial charge in [0, 0.05) is 10.9 Å². The van der Waals surface area contributed by atoms with E-state index in [1.54, 1.807) is 0 Å². The van der Waals surface area contributed by atoms with Gasteiger partial charge in [0.1, 0.15) is 11.5 Å². The van der Waals surface area contributed by atoms with Gasteiger partial charge in [0.25, 0.3) is 0 Å². The van der Waals surface area contributed by atoms with Crippen molar-refractivity contribution in [1.29, 1.82) is 0 Å². The van der Waals surface area contributed by atoms with E-state index in [0.717, 1.165) is 11.5 Å². The zero-order chi connectivity index (χ0) is 16.1. The lowest BCUT2D eigenvalue weighted by Crippen LogP contribution is -2.04. The maximum atomic E-state index is 6.53. The van der Waals surface area contributed by atoms with Crippen LogP contribution < -0.4 is 4.74 Å². The van der Waals surface area contributed by atoms with Gasteiger partial charge in [-0.3, -0.25) is 0 Å². The summed E-state index contributed by atoms with van der Waals surface area (Å²) in [7, 11) is 0. The van der Waals surface area contributed by atoms with Gasteiger partial charge in [0.2, 0.25) is 0 Å². The summed E-state index contributed by atoms with van der Waals surface area (Å²) in [6, 6.07) is 17.5. The van der Waals surface area contributed by atoms with Crippen LogP contribution in [-0.4, -0.2) is 0 Å². The summed E-state index contributed by atoms with van der Waals surface area (Å²) < 4.78 is 6.53. The highest BCUT2D eigenvalue weighted by Crippen LogP contribution is 2.51. The smallest absolute Gasteiger partial charge is 0.139 e. The molecule has 0 unspecified atom stereocenters. The number of hydrogen-bond donors (Lipinski definition) is 0. The molecule has 0 aromatic heterocycles. The third-order valence-corrected chi connectivity index (χ3v) is 4.81. The molecule has 1 heteroatoms. The van der Waals surface area contributed by atoms with Crippen LogP contribution in [0.4, 0.5) is 0 Å². The molecule has 23 heavy (non-hydrogen) atoms. The van der Waals surface area contributed by atoms with Crippen molar-refractivity contribution < 1.29 is 4.74 Å². The van der Waals surface area contributed by atoms with E-state index in [0.29, 0.717) is 11.8 Å². The van der Waals surface area contributed by atoms with Gasteiger partial charge >= 0.3 is 0 Å². The van der Waals surface area contributed by atoms with E-state index in [1.807, 2.05) is 0 Å². The molecule has 0 atom stereocenters. The highest BCUT2D eigenvalue weighted by molar-refractivity contribution is 6.05. The van der Waals surface area contributed by atoms with E-state index < -0.39 is 0 Å². The Balaban J connectivity index is 2.12. The maximum absolute atomic E-state index is 6.53. The Kier molecular flexibility index (Phi) is 3.19. The van der Waals surface area contributed by atoms with Gasteiger partial charge in [-0.05, 0) is 33.9 Å². The second-order valence-corrected chi connectivity index (χ2v) is 7.02. The summed E-state index contributed by atoms with van der Waals surface area (Å²) in [4.78, 5) is 0. The standard InChI is InChI=1S/C22H22O/c1-13(2)16-8-6-10-19-18-9-5-7-15-11-12-17(14(3)4)22(20(15)18)23-21(16)19/h5-14H,1-4H3. The molecule has 1 heterocycles. The zero-order valence-corrected chi connectivity index (χ0v) is 14.2. The summed E-state index contributed by atoms with van der Waals surface area (Å²) in [6.07, 6.45) is 0. The number of para-hydroxylation sites is 1. The molecule has 0 aliphatic carbocycles. The number of ether oxygens (including phenoxy) is 1. The summed E-state index contributed by atoms with van der Waals surface area (Å²) in [5.41, 5.74) is 5.08. The molecule has 0 saturated carbocycles. The number of benzene rings is 3. The number of fused-ring (bicyclic) bond motifs is 2. The molecule has 0 radical (unpaired) electrons. The normalized spacial score (nSPS) is 12.6. The van der Waals surface area contributed by atoms with E-state index in [-0.39, 0.29) is 0 Å². The van der Waals surface area contributed by atoms with Gasteiger partial charge in [-0.25, -0.2) is 0 Å². The van der Waals surface area contributed by atoms with E-state index in [2.05, 4.69) is 76.2 Å². The molecular weight excluding hydrogens is 280 g/mol. The third kappa shape index (κ3) is 2.07. The maximum Gasteiger partial charge on any atom is 0.139 e. The number of rotatable bonds is 2. The van der Waals surface area contributed by atoms with Crippen LogP contribution in [0.1, 0.15) is 50.7 Å². The van der Waals surface area contributed by atoms with Crippen molar-refractivity contribution in [1.82, 2.24) is 0 Å². The topological polar surface area (TPSA) is 9.23 Å². The summed E-state index contributed by atoms with van der Waals surface area (Å²) in [5, 5.41) is 2.51. The monoisotopic (exact) mass is 302 g/mol. The van der Waals surface area contributed by atoms with Gasteiger partial charge < -0.3 is 4.74 Å². The lowest BCUT2D eigenvalue weighted by Gasteiger charge is -2.27. The van der Waals surface area contributed by atoms with Crippen LogP contribution >= 0.6 is 0 Å². The van der Waals surface area contributed by atoms with Crippen molar-refractivity contribution in [2.75, 3.05) is 0 Å². The van der Waals surface area contributed by atoms with Crippen molar-refractivity contribution in [2.45, 2.75) is 39.5 Å². The molecule has 3 aromatic carbocycles. The minimum atomic E-state index is 0.440. The van der Waals surface area contributed by atoms with Crippen LogP contribution in [0.5, 0.6) is 11.5 Å². The molecule has 116 valence electrons. The number of hydrogen-bond acceptors (Lipinski definition) is 1. The first kappa shape index (κ1) is 14.3. The fraction of sp³-hybridized carbons (Fsp3) is 0.273. The molecule has 1 nitrogen and oxygen atoms in total. The van der Waals surface area contributed by atoms with Crippen LogP contribution in [0.2, 0.25) is 0 Å². The van der Waals surface area contributed by atoms with Gasteiger partial charge in [0.05, 0.1) is 0 Å². The van der Waals surface area contributed by atoms with Crippen LogP contribution in [0.3, 0.4) is 0 Å². The second-order valence-electron chi connectivity index (χ2n) is 7.02. The quantitative estimate of drug-likeness (QED) is 0.393. The van der Waals surface area contributed by atoms with Gasteiger partial charge in [-0.1, -0.05) is 76.2 Å². The Morgan fingerprint density at radius 2 is 1.30 bits per heavy atom. The first-order valence-electron chi connectivity index (χ1n) is 8.44. The van der Waals surface area contributed by atoms with Crippen molar-refractivity contribution in [2.24, 2.45) is 0 Å². The molecule has 1 aliphatic heterocycles. The average molecular weight is 302 g/mol. The van der Waals surface area contributed by atoms with Gasteiger partial charge in [-0.2, -0.15) is 0 Å². The minimum absolute atomic E-state index is 0.440. The van der Waals surface area contributed by atoms with Crippen LogP contribution in [0.25, 0.3) is 21.9 Å². The van der Waals surface area contributed by atoms with E-state index in [9.17, 15) is 0 Å². The Labute approximate surface area is 137 Å². The molecule has 0 spiro atoms. The van der Waals surface area contributed by atoms with Crippen molar-refractivity contribution in [3.05, 3.63) is 59.7 Å². The molecule has 0 fully saturated rings. The molecule has 0 bridgehead atoms. The predicted molar refractivity (Wildman–Crippen MR) is 97.6 cm³/mol. The first-order valence-corrected chi connectivity index (χ1v) is 8.44. The highest BCUT2D eigenvalue weighted by atomic mass is 16.5. The fourth-order valence-electron chi connectivity index (χ4n) is 3.59. The van der Waals surface area contributed by atoms with Crippen LogP contribution in [0, 0.1) is 0 Å². The van der Waals surface area contributed by atoms with E-state index in [4.69, 9.17) is 4.74 Å². The molecule has 3 aromatic rings.